The Bertz CT molecular complexity index is 1020. The minimum Gasteiger partial charge on any atom is -0.466 e. The number of furan rings is 1. The number of aromatic nitrogens is 1. The second-order valence-corrected chi connectivity index (χ2v) is 5.98. The largest absolute Gasteiger partial charge is 0.466 e. The van der Waals surface area contributed by atoms with Gasteiger partial charge in [0.2, 0.25) is 0 Å². The maximum atomic E-state index is 12.7. The summed E-state index contributed by atoms with van der Waals surface area (Å²) in [5, 5.41) is 2.65. The Morgan fingerprint density at radius 1 is 1.08 bits per heavy atom. The summed E-state index contributed by atoms with van der Waals surface area (Å²) in [6.07, 6.45) is 1.44. The third-order valence-corrected chi connectivity index (χ3v) is 4.41. The van der Waals surface area contributed by atoms with E-state index in [2.05, 4.69) is 5.32 Å². The Hall–Kier alpha value is -3.29. The predicted molar refractivity (Wildman–Crippen MR) is 86.8 cm³/mol. The van der Waals surface area contributed by atoms with Crippen LogP contribution in [-0.4, -0.2) is 28.0 Å². The Morgan fingerprint density at radius 3 is 2.64 bits per heavy atom. The lowest BCUT2D eigenvalue weighted by Crippen LogP contribution is -2.41. The minimum absolute atomic E-state index is 0.0460. The number of nitrogens with one attached hydrogen (secondary N) is 1. The van der Waals surface area contributed by atoms with Crippen molar-refractivity contribution in [2.24, 2.45) is 0 Å². The van der Waals surface area contributed by atoms with Gasteiger partial charge in [-0.2, -0.15) is 0 Å². The van der Waals surface area contributed by atoms with Gasteiger partial charge in [0.15, 0.2) is 11.1 Å². The maximum absolute atomic E-state index is 12.7. The van der Waals surface area contributed by atoms with Gasteiger partial charge in [-0.25, -0.2) is 9.59 Å². The third kappa shape index (κ3) is 2.25. The van der Waals surface area contributed by atoms with Gasteiger partial charge < -0.3 is 14.2 Å². The summed E-state index contributed by atoms with van der Waals surface area (Å²) in [5.74, 6) is -0.588. The fraction of sp³-hybridized carbons (Fsp3) is 0.235. The fourth-order valence-electron chi connectivity index (χ4n) is 3.06. The average Bonchev–Trinajstić information content (AvgIpc) is 3.27. The number of para-hydroxylation sites is 2. The summed E-state index contributed by atoms with van der Waals surface area (Å²) in [4.78, 5) is 38.0. The Labute approximate surface area is 141 Å². The van der Waals surface area contributed by atoms with Crippen LogP contribution in [0.15, 0.2) is 56.3 Å². The smallest absolute Gasteiger partial charge is 0.420 e. The highest BCUT2D eigenvalue weighted by Gasteiger charge is 2.50. The lowest BCUT2D eigenvalue weighted by Gasteiger charge is -2.19. The molecule has 25 heavy (non-hydrogen) atoms. The number of rotatable bonds is 4. The van der Waals surface area contributed by atoms with Gasteiger partial charge in [0.05, 0.1) is 11.8 Å². The van der Waals surface area contributed by atoms with E-state index in [-0.39, 0.29) is 13.1 Å². The number of hydrogen-bond acceptors (Lipinski definition) is 5. The van der Waals surface area contributed by atoms with E-state index in [0.29, 0.717) is 16.9 Å². The number of imide groups is 1. The van der Waals surface area contributed by atoms with E-state index < -0.39 is 23.2 Å². The molecule has 1 N–H and O–H groups in total. The fourth-order valence-corrected chi connectivity index (χ4v) is 3.06. The molecule has 0 spiro atoms. The number of urea groups is 1. The highest BCUT2D eigenvalue weighted by Crippen LogP contribution is 2.29. The molecule has 1 saturated heterocycles. The minimum atomic E-state index is -1.25. The zero-order valence-electron chi connectivity index (χ0n) is 13.4. The van der Waals surface area contributed by atoms with E-state index >= 15 is 0 Å². The van der Waals surface area contributed by atoms with Crippen LogP contribution in [0.4, 0.5) is 4.79 Å². The van der Waals surface area contributed by atoms with Crippen LogP contribution in [0.25, 0.3) is 11.1 Å². The van der Waals surface area contributed by atoms with Crippen molar-refractivity contribution in [3.05, 3.63) is 59.0 Å². The Balaban J connectivity index is 1.59. The number of oxazole rings is 1. The molecule has 2 aromatic heterocycles. The number of carbonyl (C=O) groups excluding carboxylic acids is 2. The van der Waals surface area contributed by atoms with Crippen molar-refractivity contribution in [1.82, 2.24) is 14.8 Å². The van der Waals surface area contributed by atoms with Crippen LogP contribution in [0.5, 0.6) is 0 Å². The van der Waals surface area contributed by atoms with E-state index in [1.54, 1.807) is 43.3 Å². The van der Waals surface area contributed by atoms with E-state index in [9.17, 15) is 14.4 Å². The summed E-state index contributed by atoms with van der Waals surface area (Å²) in [7, 11) is 0. The molecule has 3 heterocycles. The molecule has 0 unspecified atom stereocenters. The molecular formula is C17H15N3O5. The maximum Gasteiger partial charge on any atom is 0.420 e. The summed E-state index contributed by atoms with van der Waals surface area (Å²) >= 11 is 0. The molecule has 0 radical (unpaired) electrons. The molecule has 1 fully saturated rings. The first-order valence-electron chi connectivity index (χ1n) is 7.77. The summed E-state index contributed by atoms with van der Waals surface area (Å²) in [6.45, 7) is 1.78. The van der Waals surface area contributed by atoms with E-state index in [1.807, 2.05) is 0 Å². The van der Waals surface area contributed by atoms with Crippen LogP contribution >= 0.6 is 0 Å². The van der Waals surface area contributed by atoms with Crippen molar-refractivity contribution in [1.29, 1.82) is 0 Å². The molecule has 128 valence electrons. The summed E-state index contributed by atoms with van der Waals surface area (Å²) < 4.78 is 11.8. The molecule has 1 aliphatic rings. The van der Waals surface area contributed by atoms with E-state index in [4.69, 9.17) is 8.83 Å². The quantitative estimate of drug-likeness (QED) is 0.728. The van der Waals surface area contributed by atoms with Crippen LogP contribution in [0.2, 0.25) is 0 Å². The van der Waals surface area contributed by atoms with Crippen molar-refractivity contribution >= 4 is 23.0 Å². The van der Waals surface area contributed by atoms with Gasteiger partial charge in [0, 0.05) is 13.1 Å². The molecule has 3 aromatic rings. The van der Waals surface area contributed by atoms with Gasteiger partial charge in [-0.1, -0.05) is 12.1 Å². The van der Waals surface area contributed by atoms with Crippen LogP contribution in [0.3, 0.4) is 0 Å². The second kappa shape index (κ2) is 5.37. The van der Waals surface area contributed by atoms with Crippen molar-refractivity contribution < 1.29 is 18.4 Å². The van der Waals surface area contributed by atoms with Crippen molar-refractivity contribution in [3.8, 4) is 0 Å². The van der Waals surface area contributed by atoms with Crippen molar-refractivity contribution in [3.63, 3.8) is 0 Å². The number of hydrogen-bond donors (Lipinski definition) is 1. The number of fused-ring (bicyclic) bond motifs is 1. The predicted octanol–water partition coefficient (Wildman–Crippen LogP) is 1.65. The Kier molecular flexibility index (Phi) is 3.28. The monoisotopic (exact) mass is 341 g/mol. The molecule has 1 aromatic carbocycles. The standard InChI is InChI=1S/C17H15N3O5/c1-17(13-7-4-10-24-13)14(21)20(15(22)18-17)9-8-19-11-5-2-3-6-12(11)25-16(19)23/h2-7,10H,8-9H2,1H3,(H,18,22)/t17-/m1/s1. The molecule has 4 rings (SSSR count). The highest BCUT2D eigenvalue weighted by molar-refractivity contribution is 6.06. The number of nitrogens with zero attached hydrogens (tertiary/aromatic N) is 2. The molecule has 0 aliphatic carbocycles. The Morgan fingerprint density at radius 2 is 1.88 bits per heavy atom. The zero-order chi connectivity index (χ0) is 17.6. The molecule has 0 saturated carbocycles. The molecule has 3 amide bonds. The second-order valence-electron chi connectivity index (χ2n) is 5.98. The van der Waals surface area contributed by atoms with Crippen LogP contribution in [0.1, 0.15) is 12.7 Å². The van der Waals surface area contributed by atoms with Crippen molar-refractivity contribution in [2.45, 2.75) is 19.0 Å². The molecule has 1 atom stereocenters. The SMILES string of the molecule is C[C@]1(c2ccco2)NC(=O)N(CCn2c(=O)oc3ccccc32)C1=O. The van der Waals surface area contributed by atoms with Gasteiger partial charge in [-0.05, 0) is 31.2 Å². The topological polar surface area (TPSA) is 97.7 Å². The highest BCUT2D eigenvalue weighted by atomic mass is 16.4. The number of carbonyl (C=O) groups is 2. The van der Waals surface area contributed by atoms with Crippen LogP contribution in [-0.2, 0) is 16.9 Å². The van der Waals surface area contributed by atoms with Gasteiger partial charge in [-0.15, -0.1) is 0 Å². The number of benzene rings is 1. The normalized spacial score (nSPS) is 20.4. The molecule has 8 heteroatoms. The van der Waals surface area contributed by atoms with Gasteiger partial charge in [-0.3, -0.25) is 14.3 Å². The molecule has 1 aliphatic heterocycles. The summed E-state index contributed by atoms with van der Waals surface area (Å²) in [6, 6.07) is 9.76. The number of amides is 3. The molecule has 0 bridgehead atoms. The first-order chi connectivity index (χ1) is 12.0. The first kappa shape index (κ1) is 15.3. The lowest BCUT2D eigenvalue weighted by atomic mass is 9.99. The zero-order valence-corrected chi connectivity index (χ0v) is 13.4. The van der Waals surface area contributed by atoms with Crippen LogP contribution < -0.4 is 11.1 Å². The molecule has 8 nitrogen and oxygen atoms in total. The van der Waals surface area contributed by atoms with Crippen LogP contribution in [0, 0.1) is 0 Å². The first-order valence-corrected chi connectivity index (χ1v) is 7.77. The van der Waals surface area contributed by atoms with Gasteiger partial charge in [0.25, 0.3) is 5.91 Å². The summed E-state index contributed by atoms with van der Waals surface area (Å²) in [5.41, 5.74) is -0.164. The molecular weight excluding hydrogens is 326 g/mol. The van der Waals surface area contributed by atoms with Crippen molar-refractivity contribution in [2.75, 3.05) is 6.54 Å². The third-order valence-electron chi connectivity index (χ3n) is 4.41. The van der Waals surface area contributed by atoms with E-state index in [1.165, 1.54) is 10.8 Å². The van der Waals surface area contributed by atoms with Gasteiger partial charge in [0.1, 0.15) is 5.76 Å². The lowest BCUT2D eigenvalue weighted by molar-refractivity contribution is -0.131. The van der Waals surface area contributed by atoms with E-state index in [0.717, 1.165) is 4.90 Å². The average molecular weight is 341 g/mol. The van der Waals surface area contributed by atoms with Gasteiger partial charge >= 0.3 is 11.8 Å².